The number of allylic oxidation sites excluding steroid dienone is 2. The van der Waals surface area contributed by atoms with Gasteiger partial charge in [0, 0.05) is 7.05 Å². The van der Waals surface area contributed by atoms with Crippen molar-refractivity contribution in [3.63, 3.8) is 0 Å². The Kier molecular flexibility index (Phi) is 4.18. The fraction of sp³-hybridized carbons (Fsp3) is 0.733. The van der Waals surface area contributed by atoms with E-state index >= 15 is 0 Å². The predicted octanol–water partition coefficient (Wildman–Crippen LogP) is 0.985. The molecule has 5 atom stereocenters. The number of carboxylic acid groups (broad SMARTS) is 1. The van der Waals surface area contributed by atoms with Gasteiger partial charge in [0.25, 0.3) is 0 Å². The molecular weight excluding hydrogens is 258 g/mol. The summed E-state index contributed by atoms with van der Waals surface area (Å²) in [6, 6.07) is -0.264. The monoisotopic (exact) mass is 281 g/mol. The zero-order chi connectivity index (χ0) is 15.0. The van der Waals surface area contributed by atoms with Crippen LogP contribution in [-0.2, 0) is 9.59 Å². The molecule has 20 heavy (non-hydrogen) atoms. The molecule has 1 amide bonds. The fourth-order valence-corrected chi connectivity index (χ4v) is 3.67. The largest absolute Gasteiger partial charge is 0.481 e. The van der Waals surface area contributed by atoms with Gasteiger partial charge in [-0.3, -0.25) is 9.59 Å². The average Bonchev–Trinajstić information content (AvgIpc) is 2.97. The zero-order valence-electron chi connectivity index (χ0n) is 12.2. The summed E-state index contributed by atoms with van der Waals surface area (Å²) in [5.74, 6) is -2.01. The average molecular weight is 281 g/mol. The summed E-state index contributed by atoms with van der Waals surface area (Å²) < 4.78 is 0. The van der Waals surface area contributed by atoms with Crippen LogP contribution < -0.4 is 0 Å². The normalized spacial score (nSPS) is 32.6. The lowest BCUT2D eigenvalue weighted by Crippen LogP contribution is -2.48. The molecule has 5 nitrogen and oxygen atoms in total. The number of aliphatic hydroxyl groups excluding tert-OH is 1. The first-order valence-electron chi connectivity index (χ1n) is 7.17. The molecule has 0 radical (unpaired) electrons. The van der Waals surface area contributed by atoms with Crippen molar-refractivity contribution in [2.24, 2.45) is 29.6 Å². The van der Waals surface area contributed by atoms with Gasteiger partial charge in [-0.25, -0.2) is 0 Å². The van der Waals surface area contributed by atoms with Crippen molar-refractivity contribution < 1.29 is 19.8 Å². The van der Waals surface area contributed by atoms with Crippen LogP contribution in [0.5, 0.6) is 0 Å². The van der Waals surface area contributed by atoms with Crippen LogP contribution in [-0.4, -0.2) is 46.7 Å². The number of rotatable bonds is 5. The van der Waals surface area contributed by atoms with E-state index in [9.17, 15) is 19.8 Å². The Bertz CT molecular complexity index is 432. The Morgan fingerprint density at radius 2 is 1.80 bits per heavy atom. The van der Waals surface area contributed by atoms with E-state index in [0.29, 0.717) is 0 Å². The molecule has 0 aromatic rings. The van der Waals surface area contributed by atoms with Crippen molar-refractivity contribution >= 4 is 11.9 Å². The first-order valence-corrected chi connectivity index (χ1v) is 7.17. The van der Waals surface area contributed by atoms with Crippen LogP contribution in [0.25, 0.3) is 0 Å². The van der Waals surface area contributed by atoms with Gasteiger partial charge in [0.1, 0.15) is 0 Å². The highest BCUT2D eigenvalue weighted by molar-refractivity contribution is 5.87. The van der Waals surface area contributed by atoms with Gasteiger partial charge in [-0.05, 0) is 24.2 Å². The lowest BCUT2D eigenvalue weighted by Gasteiger charge is -2.34. The standard InChI is InChI=1S/C15H23NO4/c1-8(2)11(7-17)16(3)14(18)12-9-4-5-10(6-9)13(12)15(19)20/h4-5,8-13,17H,6-7H2,1-3H3,(H,19,20). The molecule has 112 valence electrons. The van der Waals surface area contributed by atoms with Crippen molar-refractivity contribution in [2.45, 2.75) is 26.3 Å². The van der Waals surface area contributed by atoms with Crippen LogP contribution in [0.15, 0.2) is 12.2 Å². The minimum absolute atomic E-state index is 0.0218. The molecule has 5 unspecified atom stereocenters. The summed E-state index contributed by atoms with van der Waals surface area (Å²) in [4.78, 5) is 25.7. The number of nitrogens with zero attached hydrogens (tertiary/aromatic N) is 1. The summed E-state index contributed by atoms with van der Waals surface area (Å²) in [5.41, 5.74) is 0. The quantitative estimate of drug-likeness (QED) is 0.737. The topological polar surface area (TPSA) is 77.8 Å². The zero-order valence-corrected chi connectivity index (χ0v) is 12.2. The van der Waals surface area contributed by atoms with Crippen LogP contribution in [0.2, 0.25) is 0 Å². The number of likely N-dealkylation sites (N-methyl/N-ethyl adjacent to an activating group) is 1. The van der Waals surface area contributed by atoms with E-state index in [1.165, 1.54) is 0 Å². The Morgan fingerprint density at radius 3 is 2.25 bits per heavy atom. The molecular formula is C15H23NO4. The third-order valence-electron chi connectivity index (χ3n) is 4.83. The molecule has 2 aliphatic rings. The number of fused-ring (bicyclic) bond motifs is 2. The van der Waals surface area contributed by atoms with Crippen molar-refractivity contribution in [2.75, 3.05) is 13.7 Å². The van der Waals surface area contributed by atoms with Crippen LogP contribution in [0.3, 0.4) is 0 Å². The molecule has 0 aromatic heterocycles. The molecule has 0 heterocycles. The summed E-state index contributed by atoms with van der Waals surface area (Å²) in [6.45, 7) is 3.79. The first-order chi connectivity index (χ1) is 9.38. The molecule has 0 aliphatic heterocycles. The highest BCUT2D eigenvalue weighted by atomic mass is 16.4. The third kappa shape index (κ3) is 2.35. The van der Waals surface area contributed by atoms with Gasteiger partial charge < -0.3 is 15.1 Å². The molecule has 1 fully saturated rings. The molecule has 2 aliphatic carbocycles. The second-order valence-electron chi connectivity index (χ2n) is 6.28. The van der Waals surface area contributed by atoms with Crippen LogP contribution >= 0.6 is 0 Å². The SMILES string of the molecule is CC(C)C(CO)N(C)C(=O)C1C2C=CC(C2)C1C(=O)O. The predicted molar refractivity (Wildman–Crippen MR) is 73.8 cm³/mol. The number of carboxylic acids is 1. The smallest absolute Gasteiger partial charge is 0.307 e. The van der Waals surface area contributed by atoms with E-state index in [1.54, 1.807) is 11.9 Å². The Labute approximate surface area is 119 Å². The van der Waals surface area contributed by atoms with E-state index in [0.717, 1.165) is 6.42 Å². The number of carbonyl (C=O) groups excluding carboxylic acids is 1. The van der Waals surface area contributed by atoms with E-state index in [-0.39, 0.29) is 36.3 Å². The van der Waals surface area contributed by atoms with Gasteiger partial charge in [0.2, 0.25) is 5.91 Å². The molecule has 0 spiro atoms. The van der Waals surface area contributed by atoms with E-state index < -0.39 is 17.8 Å². The van der Waals surface area contributed by atoms with Gasteiger partial charge in [0.05, 0.1) is 24.5 Å². The molecule has 2 N–H and O–H groups in total. The van der Waals surface area contributed by atoms with Crippen molar-refractivity contribution in [3.05, 3.63) is 12.2 Å². The maximum absolute atomic E-state index is 12.7. The molecule has 2 rings (SSSR count). The van der Waals surface area contributed by atoms with Gasteiger partial charge in [-0.1, -0.05) is 26.0 Å². The molecule has 2 bridgehead atoms. The summed E-state index contributed by atoms with van der Waals surface area (Å²) >= 11 is 0. The van der Waals surface area contributed by atoms with E-state index in [2.05, 4.69) is 0 Å². The summed E-state index contributed by atoms with van der Waals surface area (Å²) in [5, 5.41) is 18.8. The van der Waals surface area contributed by atoms with Gasteiger partial charge >= 0.3 is 5.97 Å². The highest BCUT2D eigenvalue weighted by Crippen LogP contribution is 2.48. The number of aliphatic hydroxyl groups is 1. The van der Waals surface area contributed by atoms with Crippen LogP contribution in [0, 0.1) is 29.6 Å². The lowest BCUT2D eigenvalue weighted by atomic mass is 9.81. The Hall–Kier alpha value is -1.36. The van der Waals surface area contributed by atoms with Crippen LogP contribution in [0.4, 0.5) is 0 Å². The van der Waals surface area contributed by atoms with Gasteiger partial charge in [0.15, 0.2) is 0 Å². The molecule has 0 saturated heterocycles. The fourth-order valence-electron chi connectivity index (χ4n) is 3.67. The van der Waals surface area contributed by atoms with Crippen molar-refractivity contribution in [1.29, 1.82) is 0 Å². The number of amides is 1. The minimum Gasteiger partial charge on any atom is -0.481 e. The maximum Gasteiger partial charge on any atom is 0.307 e. The van der Waals surface area contributed by atoms with Gasteiger partial charge in [-0.2, -0.15) is 0 Å². The molecule has 5 heteroatoms. The number of hydrogen-bond donors (Lipinski definition) is 2. The molecule has 0 aromatic carbocycles. The lowest BCUT2D eigenvalue weighted by molar-refractivity contribution is -0.152. The minimum atomic E-state index is -0.890. The number of carbonyl (C=O) groups is 2. The van der Waals surface area contributed by atoms with Crippen molar-refractivity contribution in [1.82, 2.24) is 4.90 Å². The first kappa shape index (κ1) is 15.0. The number of aliphatic carboxylic acids is 1. The number of hydrogen-bond acceptors (Lipinski definition) is 3. The summed E-state index contributed by atoms with van der Waals surface area (Å²) in [6.07, 6.45) is 4.66. The third-order valence-corrected chi connectivity index (χ3v) is 4.83. The second kappa shape index (κ2) is 5.56. The van der Waals surface area contributed by atoms with E-state index in [1.807, 2.05) is 26.0 Å². The van der Waals surface area contributed by atoms with Gasteiger partial charge in [-0.15, -0.1) is 0 Å². The van der Waals surface area contributed by atoms with Crippen molar-refractivity contribution in [3.8, 4) is 0 Å². The van der Waals surface area contributed by atoms with E-state index in [4.69, 9.17) is 0 Å². The Morgan fingerprint density at radius 1 is 1.25 bits per heavy atom. The summed E-state index contributed by atoms with van der Waals surface area (Å²) in [7, 11) is 1.66. The molecule has 1 saturated carbocycles. The highest BCUT2D eigenvalue weighted by Gasteiger charge is 2.52. The Balaban J connectivity index is 2.19. The maximum atomic E-state index is 12.7. The van der Waals surface area contributed by atoms with Crippen LogP contribution in [0.1, 0.15) is 20.3 Å². The second-order valence-corrected chi connectivity index (χ2v) is 6.28.